The molecule has 0 radical (unpaired) electrons. The van der Waals surface area contributed by atoms with E-state index in [-0.39, 0.29) is 11.9 Å². The van der Waals surface area contributed by atoms with Gasteiger partial charge in [0.1, 0.15) is 5.76 Å². The van der Waals surface area contributed by atoms with Crippen molar-refractivity contribution in [1.29, 1.82) is 0 Å². The van der Waals surface area contributed by atoms with Crippen LogP contribution in [0.2, 0.25) is 5.02 Å². The number of aryl methyl sites for hydroxylation is 2. The second-order valence-corrected chi connectivity index (χ2v) is 8.72. The predicted molar refractivity (Wildman–Crippen MR) is 122 cm³/mol. The number of amides is 1. The maximum Gasteiger partial charge on any atom is 0.252 e. The fourth-order valence-corrected chi connectivity index (χ4v) is 4.70. The molecular formula is C23H26ClN3O2S. The molecule has 0 fully saturated rings. The topological polar surface area (TPSA) is 58.4 Å². The quantitative estimate of drug-likeness (QED) is 0.480. The summed E-state index contributed by atoms with van der Waals surface area (Å²) in [6, 6.07) is 15.3. The summed E-state index contributed by atoms with van der Waals surface area (Å²) in [5.41, 5.74) is 3.61. The minimum absolute atomic E-state index is 0.0234. The normalized spacial score (nSPS) is 12.2. The molecule has 7 heteroatoms. The van der Waals surface area contributed by atoms with Gasteiger partial charge >= 0.3 is 0 Å². The van der Waals surface area contributed by atoms with Crippen LogP contribution in [-0.2, 0) is 5.75 Å². The van der Waals surface area contributed by atoms with E-state index in [0.29, 0.717) is 22.9 Å². The first-order valence-corrected chi connectivity index (χ1v) is 11.1. The van der Waals surface area contributed by atoms with Gasteiger partial charge in [-0.2, -0.15) is 0 Å². The molecule has 0 saturated heterocycles. The van der Waals surface area contributed by atoms with Crippen molar-refractivity contribution in [3.63, 3.8) is 0 Å². The number of halogens is 1. The van der Waals surface area contributed by atoms with Crippen molar-refractivity contribution in [2.75, 3.05) is 20.6 Å². The number of nitrogens with zero attached hydrogens (tertiary/aromatic N) is 2. The molecule has 1 amide bonds. The molecule has 1 atom stereocenters. The SMILES string of the molecule is Cc1noc(C)c1CSc1ccccc1C(=O)NCC(c1ccccc1Cl)N(C)C. The lowest BCUT2D eigenvalue weighted by Crippen LogP contribution is -2.34. The zero-order valence-corrected chi connectivity index (χ0v) is 19.2. The van der Waals surface area contributed by atoms with Crippen molar-refractivity contribution in [2.45, 2.75) is 30.5 Å². The van der Waals surface area contributed by atoms with Gasteiger partial charge in [-0.1, -0.05) is 47.1 Å². The third kappa shape index (κ3) is 5.25. The molecule has 0 spiro atoms. The largest absolute Gasteiger partial charge is 0.361 e. The predicted octanol–water partition coefficient (Wildman–Crippen LogP) is 5.27. The molecule has 1 unspecified atom stereocenters. The van der Waals surface area contributed by atoms with E-state index in [1.54, 1.807) is 11.8 Å². The van der Waals surface area contributed by atoms with Gasteiger partial charge in [0.05, 0.1) is 17.3 Å². The van der Waals surface area contributed by atoms with Crippen LogP contribution in [0.25, 0.3) is 0 Å². The fourth-order valence-electron chi connectivity index (χ4n) is 3.24. The maximum absolute atomic E-state index is 13.0. The van der Waals surface area contributed by atoms with Crippen LogP contribution >= 0.6 is 23.4 Å². The van der Waals surface area contributed by atoms with Crippen molar-refractivity contribution in [3.05, 3.63) is 81.7 Å². The number of carbonyl (C=O) groups is 1. The number of hydrogen-bond donors (Lipinski definition) is 1. The Bertz CT molecular complexity index is 1000. The highest BCUT2D eigenvalue weighted by molar-refractivity contribution is 7.98. The van der Waals surface area contributed by atoms with Gasteiger partial charge in [-0.15, -0.1) is 11.8 Å². The number of thioether (sulfide) groups is 1. The molecule has 5 nitrogen and oxygen atoms in total. The molecule has 1 N–H and O–H groups in total. The molecule has 1 heterocycles. The first kappa shape index (κ1) is 22.4. The summed E-state index contributed by atoms with van der Waals surface area (Å²) in [5.74, 6) is 1.41. The number of benzene rings is 2. The molecule has 158 valence electrons. The van der Waals surface area contributed by atoms with E-state index >= 15 is 0 Å². The Morgan fingerprint density at radius 3 is 2.53 bits per heavy atom. The van der Waals surface area contributed by atoms with E-state index in [1.165, 1.54) is 0 Å². The highest BCUT2D eigenvalue weighted by atomic mass is 35.5. The van der Waals surface area contributed by atoms with Gasteiger partial charge in [0, 0.05) is 27.8 Å². The lowest BCUT2D eigenvalue weighted by molar-refractivity contribution is 0.0939. The van der Waals surface area contributed by atoms with E-state index in [4.69, 9.17) is 16.1 Å². The fraction of sp³-hybridized carbons (Fsp3) is 0.304. The maximum atomic E-state index is 13.0. The van der Waals surface area contributed by atoms with Crippen LogP contribution in [0.4, 0.5) is 0 Å². The second kappa shape index (κ2) is 10.2. The van der Waals surface area contributed by atoms with Crippen molar-refractivity contribution in [3.8, 4) is 0 Å². The zero-order valence-electron chi connectivity index (χ0n) is 17.6. The average Bonchev–Trinajstić information content (AvgIpc) is 3.05. The third-order valence-corrected chi connectivity index (χ3v) is 6.47. The Balaban J connectivity index is 1.72. The summed E-state index contributed by atoms with van der Waals surface area (Å²) >= 11 is 7.99. The van der Waals surface area contributed by atoms with Crippen LogP contribution in [0.1, 0.15) is 39.0 Å². The van der Waals surface area contributed by atoms with Crippen LogP contribution in [0.15, 0.2) is 57.9 Å². The number of nitrogens with one attached hydrogen (secondary N) is 1. The van der Waals surface area contributed by atoms with Crippen molar-refractivity contribution < 1.29 is 9.32 Å². The number of likely N-dealkylation sites (N-methyl/N-ethyl adjacent to an activating group) is 1. The summed E-state index contributed by atoms with van der Waals surface area (Å²) in [6.45, 7) is 4.30. The molecule has 3 aromatic rings. The lowest BCUT2D eigenvalue weighted by atomic mass is 10.1. The van der Waals surface area contributed by atoms with Crippen LogP contribution in [0.3, 0.4) is 0 Å². The molecule has 30 heavy (non-hydrogen) atoms. The Labute approximate surface area is 186 Å². The molecule has 0 aliphatic rings. The van der Waals surface area contributed by atoms with E-state index in [0.717, 1.165) is 27.5 Å². The Morgan fingerprint density at radius 1 is 1.17 bits per heavy atom. The molecule has 0 aliphatic carbocycles. The monoisotopic (exact) mass is 443 g/mol. The van der Waals surface area contributed by atoms with Gasteiger partial charge in [0.25, 0.3) is 5.91 Å². The van der Waals surface area contributed by atoms with Crippen molar-refractivity contribution in [2.24, 2.45) is 0 Å². The third-order valence-electron chi connectivity index (χ3n) is 5.03. The summed E-state index contributed by atoms with van der Waals surface area (Å²) in [7, 11) is 3.96. The van der Waals surface area contributed by atoms with E-state index < -0.39 is 0 Å². The minimum Gasteiger partial charge on any atom is -0.361 e. The Hall–Kier alpha value is -2.28. The second-order valence-electron chi connectivity index (χ2n) is 7.30. The molecule has 0 saturated carbocycles. The molecule has 0 bridgehead atoms. The highest BCUT2D eigenvalue weighted by Gasteiger charge is 2.20. The van der Waals surface area contributed by atoms with E-state index in [9.17, 15) is 4.79 Å². The van der Waals surface area contributed by atoms with Crippen LogP contribution in [0, 0.1) is 13.8 Å². The van der Waals surface area contributed by atoms with Gasteiger partial charge in [0.2, 0.25) is 0 Å². The smallest absolute Gasteiger partial charge is 0.252 e. The highest BCUT2D eigenvalue weighted by Crippen LogP contribution is 2.29. The first-order chi connectivity index (χ1) is 14.4. The first-order valence-electron chi connectivity index (χ1n) is 9.71. The van der Waals surface area contributed by atoms with Gasteiger partial charge in [-0.05, 0) is 51.7 Å². The van der Waals surface area contributed by atoms with Gasteiger partial charge in [-0.25, -0.2) is 0 Å². The average molecular weight is 444 g/mol. The summed E-state index contributed by atoms with van der Waals surface area (Å²) in [6.07, 6.45) is 0. The van der Waals surface area contributed by atoms with Crippen molar-refractivity contribution in [1.82, 2.24) is 15.4 Å². The summed E-state index contributed by atoms with van der Waals surface area (Å²) in [5, 5.41) is 7.78. The number of hydrogen-bond acceptors (Lipinski definition) is 5. The summed E-state index contributed by atoms with van der Waals surface area (Å²) in [4.78, 5) is 16.0. The lowest BCUT2D eigenvalue weighted by Gasteiger charge is -2.26. The number of carbonyl (C=O) groups excluding carboxylic acids is 1. The Morgan fingerprint density at radius 2 is 1.87 bits per heavy atom. The minimum atomic E-state index is -0.101. The molecule has 2 aromatic carbocycles. The molecular weight excluding hydrogens is 418 g/mol. The zero-order chi connectivity index (χ0) is 21.7. The van der Waals surface area contributed by atoms with Crippen molar-refractivity contribution >= 4 is 29.3 Å². The number of aromatic nitrogens is 1. The summed E-state index contributed by atoms with van der Waals surface area (Å²) < 4.78 is 5.24. The van der Waals surface area contributed by atoms with Crippen LogP contribution in [0.5, 0.6) is 0 Å². The standard InChI is InChI=1S/C23H26ClN3O2S/c1-15-19(16(2)29-26-15)14-30-22-12-8-6-10-18(22)23(28)25-13-21(27(3)4)17-9-5-7-11-20(17)24/h5-12,21H,13-14H2,1-4H3,(H,25,28). The van der Waals surface area contributed by atoms with Gasteiger partial charge in [-0.3, -0.25) is 4.79 Å². The van der Waals surface area contributed by atoms with Gasteiger partial charge in [0.15, 0.2) is 0 Å². The van der Waals surface area contributed by atoms with E-state index in [2.05, 4.69) is 15.4 Å². The van der Waals surface area contributed by atoms with E-state index in [1.807, 2.05) is 76.5 Å². The Kier molecular flexibility index (Phi) is 7.58. The van der Waals surface area contributed by atoms with Gasteiger partial charge < -0.3 is 14.7 Å². The van der Waals surface area contributed by atoms with Crippen LogP contribution < -0.4 is 5.32 Å². The van der Waals surface area contributed by atoms with Crippen LogP contribution in [-0.4, -0.2) is 36.6 Å². The molecule has 1 aromatic heterocycles. The molecule has 0 aliphatic heterocycles. The number of rotatable bonds is 8. The molecule has 3 rings (SSSR count).